The Bertz CT molecular complexity index is 414. The third-order valence-corrected chi connectivity index (χ3v) is 2.63. The van der Waals surface area contributed by atoms with E-state index in [9.17, 15) is 15.0 Å². The number of carbonyl (C=O) groups excluding carboxylic acids is 1. The fourth-order valence-corrected chi connectivity index (χ4v) is 1.53. The third kappa shape index (κ3) is 2.19. The Morgan fingerprint density at radius 2 is 1.80 bits per heavy atom. The molecule has 0 radical (unpaired) electrons. The van der Waals surface area contributed by atoms with Gasteiger partial charge in [0.25, 0.3) is 0 Å². The number of phenols is 2. The van der Waals surface area contributed by atoms with Crippen molar-refractivity contribution in [1.82, 2.24) is 0 Å². The summed E-state index contributed by atoms with van der Waals surface area (Å²) in [5, 5.41) is 18.4. The van der Waals surface area contributed by atoms with Crippen molar-refractivity contribution in [2.24, 2.45) is 5.92 Å². The highest BCUT2D eigenvalue weighted by atomic mass is 35.5. The fraction of sp³-hybridized carbons (Fsp3) is 0.300. The number of Topliss-reactive ketones (excluding diaryl/α,β-unsaturated/α-hetero) is 1. The van der Waals surface area contributed by atoms with Crippen LogP contribution < -0.4 is 0 Å². The Labute approximate surface area is 97.2 Å². The number of carbonyl (C=O) groups is 1. The minimum atomic E-state index is -0.562. The average molecular weight is 249 g/mol. The molecule has 15 heavy (non-hydrogen) atoms. The molecular weight excluding hydrogens is 239 g/mol. The Hall–Kier alpha value is -0.930. The van der Waals surface area contributed by atoms with Crippen molar-refractivity contribution in [2.45, 2.75) is 13.8 Å². The van der Waals surface area contributed by atoms with Crippen LogP contribution in [0.4, 0.5) is 0 Å². The fourth-order valence-electron chi connectivity index (χ4n) is 1.09. The van der Waals surface area contributed by atoms with Gasteiger partial charge in [-0.3, -0.25) is 4.79 Å². The molecule has 3 nitrogen and oxygen atoms in total. The number of aromatic hydroxyl groups is 2. The lowest BCUT2D eigenvalue weighted by molar-refractivity contribution is 0.0939. The molecule has 1 aromatic carbocycles. The molecule has 0 amide bonds. The van der Waals surface area contributed by atoms with Gasteiger partial charge in [0.15, 0.2) is 17.3 Å². The summed E-state index contributed by atoms with van der Waals surface area (Å²) < 4.78 is 0. The van der Waals surface area contributed by atoms with E-state index < -0.39 is 11.5 Å². The van der Waals surface area contributed by atoms with E-state index in [1.807, 2.05) is 0 Å². The minimum Gasteiger partial charge on any atom is -0.503 e. The van der Waals surface area contributed by atoms with Gasteiger partial charge in [-0.15, -0.1) is 0 Å². The van der Waals surface area contributed by atoms with Crippen molar-refractivity contribution in [2.75, 3.05) is 0 Å². The SMILES string of the molecule is CC(C)C(=O)c1cc(Cl)c(O)c(O)c1Cl. The molecular formula is C10H10Cl2O3. The lowest BCUT2D eigenvalue weighted by atomic mass is 10.0. The summed E-state index contributed by atoms with van der Waals surface area (Å²) in [5.74, 6) is -1.57. The van der Waals surface area contributed by atoms with Crippen molar-refractivity contribution in [1.29, 1.82) is 0 Å². The molecule has 2 N–H and O–H groups in total. The third-order valence-electron chi connectivity index (χ3n) is 1.96. The first-order chi connectivity index (χ1) is 6.86. The Kier molecular flexibility index (Phi) is 3.47. The Morgan fingerprint density at radius 1 is 1.27 bits per heavy atom. The molecule has 0 atom stereocenters. The van der Waals surface area contributed by atoms with Crippen LogP contribution in [0, 0.1) is 5.92 Å². The largest absolute Gasteiger partial charge is 0.503 e. The number of rotatable bonds is 2. The molecule has 0 aliphatic carbocycles. The van der Waals surface area contributed by atoms with E-state index in [4.69, 9.17) is 23.2 Å². The smallest absolute Gasteiger partial charge is 0.178 e. The molecule has 0 unspecified atom stereocenters. The van der Waals surface area contributed by atoms with Crippen molar-refractivity contribution in [3.05, 3.63) is 21.7 Å². The van der Waals surface area contributed by atoms with Gasteiger partial charge in [0.2, 0.25) is 0 Å². The number of benzene rings is 1. The van der Waals surface area contributed by atoms with E-state index in [1.165, 1.54) is 6.07 Å². The van der Waals surface area contributed by atoms with E-state index >= 15 is 0 Å². The first kappa shape index (κ1) is 12.1. The molecule has 5 heteroatoms. The molecule has 0 bridgehead atoms. The van der Waals surface area contributed by atoms with E-state index in [-0.39, 0.29) is 27.3 Å². The van der Waals surface area contributed by atoms with E-state index in [2.05, 4.69) is 0 Å². The lowest BCUT2D eigenvalue weighted by Gasteiger charge is -2.10. The van der Waals surface area contributed by atoms with E-state index in [0.29, 0.717) is 0 Å². The maximum absolute atomic E-state index is 11.6. The first-order valence-corrected chi connectivity index (χ1v) is 5.06. The van der Waals surface area contributed by atoms with Crippen molar-refractivity contribution in [3.63, 3.8) is 0 Å². The van der Waals surface area contributed by atoms with E-state index in [1.54, 1.807) is 13.8 Å². The van der Waals surface area contributed by atoms with Gasteiger partial charge in [-0.1, -0.05) is 37.0 Å². The monoisotopic (exact) mass is 248 g/mol. The second-order valence-corrected chi connectivity index (χ2v) is 4.22. The summed E-state index contributed by atoms with van der Waals surface area (Å²) in [7, 11) is 0. The molecule has 0 aliphatic rings. The summed E-state index contributed by atoms with van der Waals surface area (Å²) in [6.45, 7) is 3.41. The van der Waals surface area contributed by atoms with Gasteiger partial charge in [-0.25, -0.2) is 0 Å². The second kappa shape index (κ2) is 4.29. The normalized spacial score (nSPS) is 10.7. The van der Waals surface area contributed by atoms with Crippen molar-refractivity contribution >= 4 is 29.0 Å². The number of ketones is 1. The standard InChI is InChI=1S/C10H10Cl2O3/c1-4(2)8(13)5-3-6(11)9(14)10(15)7(5)12/h3-4,14-15H,1-2H3. The summed E-state index contributed by atoms with van der Waals surface area (Å²) in [6, 6.07) is 1.25. The second-order valence-electron chi connectivity index (χ2n) is 3.44. The molecule has 0 heterocycles. The Balaban J connectivity index is 3.39. The zero-order valence-corrected chi connectivity index (χ0v) is 9.73. The van der Waals surface area contributed by atoms with Gasteiger partial charge in [-0.05, 0) is 6.07 Å². The summed E-state index contributed by atoms with van der Waals surface area (Å²) >= 11 is 11.3. The number of phenolic OH excluding ortho intramolecular Hbond substituents is 2. The minimum absolute atomic E-state index is 0.0964. The zero-order valence-electron chi connectivity index (χ0n) is 8.21. The van der Waals surface area contributed by atoms with Crippen molar-refractivity contribution < 1.29 is 15.0 Å². The first-order valence-electron chi connectivity index (χ1n) is 4.30. The summed E-state index contributed by atoms with van der Waals surface area (Å²) in [4.78, 5) is 11.6. The van der Waals surface area contributed by atoms with Gasteiger partial charge < -0.3 is 10.2 Å². The summed E-state index contributed by atoms with van der Waals surface area (Å²) in [5.41, 5.74) is 0.118. The van der Waals surface area contributed by atoms with Crippen LogP contribution in [0.25, 0.3) is 0 Å². The van der Waals surface area contributed by atoms with Crippen molar-refractivity contribution in [3.8, 4) is 11.5 Å². The Morgan fingerprint density at radius 3 is 2.27 bits per heavy atom. The van der Waals surface area contributed by atoms with Crippen LogP contribution in [0.15, 0.2) is 6.07 Å². The molecule has 0 aromatic heterocycles. The molecule has 0 aliphatic heterocycles. The van der Waals surface area contributed by atoms with Gasteiger partial charge >= 0.3 is 0 Å². The molecule has 1 rings (SSSR count). The number of hydrogen-bond acceptors (Lipinski definition) is 3. The van der Waals surface area contributed by atoms with Crippen LogP contribution in [-0.2, 0) is 0 Å². The van der Waals surface area contributed by atoms with Gasteiger partial charge in [0.05, 0.1) is 10.0 Å². The number of halogens is 2. The molecule has 1 aromatic rings. The highest BCUT2D eigenvalue weighted by Crippen LogP contribution is 2.41. The molecule has 0 saturated carbocycles. The predicted octanol–water partition coefficient (Wildman–Crippen LogP) is 3.24. The van der Waals surface area contributed by atoms with Crippen LogP contribution in [0.1, 0.15) is 24.2 Å². The predicted molar refractivity (Wildman–Crippen MR) is 59.0 cm³/mol. The van der Waals surface area contributed by atoms with E-state index in [0.717, 1.165) is 0 Å². The zero-order chi connectivity index (χ0) is 11.7. The van der Waals surface area contributed by atoms with Gasteiger partial charge in [0, 0.05) is 11.5 Å². The quantitative estimate of drug-likeness (QED) is 0.624. The van der Waals surface area contributed by atoms with Crippen LogP contribution in [0.5, 0.6) is 11.5 Å². The molecule has 0 saturated heterocycles. The summed E-state index contributed by atoms with van der Waals surface area (Å²) in [6.07, 6.45) is 0. The highest BCUT2D eigenvalue weighted by molar-refractivity contribution is 6.38. The van der Waals surface area contributed by atoms with Gasteiger partial charge in [-0.2, -0.15) is 0 Å². The molecule has 82 valence electrons. The lowest BCUT2D eigenvalue weighted by Crippen LogP contribution is -2.08. The maximum atomic E-state index is 11.6. The van der Waals surface area contributed by atoms with Gasteiger partial charge in [0.1, 0.15) is 0 Å². The molecule has 0 fully saturated rings. The van der Waals surface area contributed by atoms with Crippen LogP contribution >= 0.6 is 23.2 Å². The topological polar surface area (TPSA) is 57.5 Å². The van der Waals surface area contributed by atoms with Crippen LogP contribution in [0.3, 0.4) is 0 Å². The average Bonchev–Trinajstić information content (AvgIpc) is 2.19. The highest BCUT2D eigenvalue weighted by Gasteiger charge is 2.21. The van der Waals surface area contributed by atoms with Crippen LogP contribution in [0.2, 0.25) is 10.0 Å². The van der Waals surface area contributed by atoms with Crippen LogP contribution in [-0.4, -0.2) is 16.0 Å². The molecule has 0 spiro atoms. The number of hydrogen-bond donors (Lipinski definition) is 2. The maximum Gasteiger partial charge on any atom is 0.178 e.